The molecule has 2 rings (SSSR count). The number of hydrogen-bond donors (Lipinski definition) is 1. The fourth-order valence-electron chi connectivity index (χ4n) is 1.39. The molecule has 0 saturated heterocycles. The molecule has 1 N–H and O–H groups in total. The SMILES string of the molecule is Cc1cc(Cl)nc(NC(=O)c2cccc(Cl)c2)n1. The predicted molar refractivity (Wildman–Crippen MR) is 71.2 cm³/mol. The number of amides is 1. The zero-order valence-electron chi connectivity index (χ0n) is 9.45. The maximum atomic E-state index is 11.9. The van der Waals surface area contributed by atoms with Crippen LogP contribution in [0.1, 0.15) is 16.1 Å². The lowest BCUT2D eigenvalue weighted by atomic mass is 10.2. The Labute approximate surface area is 114 Å². The van der Waals surface area contributed by atoms with Crippen LogP contribution in [0.4, 0.5) is 5.95 Å². The molecule has 0 radical (unpaired) electrons. The van der Waals surface area contributed by atoms with E-state index in [1.807, 2.05) is 0 Å². The van der Waals surface area contributed by atoms with Gasteiger partial charge >= 0.3 is 0 Å². The molecule has 0 aliphatic heterocycles. The van der Waals surface area contributed by atoms with Crippen molar-refractivity contribution >= 4 is 35.1 Å². The van der Waals surface area contributed by atoms with E-state index in [2.05, 4.69) is 15.3 Å². The predicted octanol–water partition coefficient (Wildman–Crippen LogP) is 3.34. The summed E-state index contributed by atoms with van der Waals surface area (Å²) in [6, 6.07) is 8.21. The van der Waals surface area contributed by atoms with Gasteiger partial charge in [-0.15, -0.1) is 0 Å². The molecule has 0 aliphatic rings. The first-order valence-electron chi connectivity index (χ1n) is 5.13. The Morgan fingerprint density at radius 1 is 1.22 bits per heavy atom. The van der Waals surface area contributed by atoms with E-state index in [9.17, 15) is 4.79 Å². The van der Waals surface area contributed by atoms with Crippen molar-refractivity contribution in [1.29, 1.82) is 0 Å². The first-order valence-corrected chi connectivity index (χ1v) is 5.88. The summed E-state index contributed by atoms with van der Waals surface area (Å²) in [7, 11) is 0. The molecule has 0 atom stereocenters. The molecule has 2 aromatic rings. The van der Waals surface area contributed by atoms with E-state index in [0.29, 0.717) is 16.3 Å². The Balaban J connectivity index is 2.21. The summed E-state index contributed by atoms with van der Waals surface area (Å²) in [6.07, 6.45) is 0. The Hall–Kier alpha value is -1.65. The highest BCUT2D eigenvalue weighted by Crippen LogP contribution is 2.13. The number of aromatic nitrogens is 2. The van der Waals surface area contributed by atoms with E-state index < -0.39 is 0 Å². The van der Waals surface area contributed by atoms with Gasteiger partial charge < -0.3 is 0 Å². The quantitative estimate of drug-likeness (QED) is 0.859. The number of anilines is 1. The maximum absolute atomic E-state index is 11.9. The highest BCUT2D eigenvalue weighted by molar-refractivity contribution is 6.31. The average molecular weight is 282 g/mol. The third kappa shape index (κ3) is 3.18. The molecule has 0 saturated carbocycles. The number of nitrogens with one attached hydrogen (secondary N) is 1. The molecule has 1 aromatic heterocycles. The summed E-state index contributed by atoms with van der Waals surface area (Å²) in [5.41, 5.74) is 1.11. The number of halogens is 2. The number of carbonyl (C=O) groups excluding carboxylic acids is 1. The topological polar surface area (TPSA) is 54.9 Å². The van der Waals surface area contributed by atoms with E-state index in [-0.39, 0.29) is 17.0 Å². The van der Waals surface area contributed by atoms with Crippen molar-refractivity contribution in [3.8, 4) is 0 Å². The molecule has 4 nitrogen and oxygen atoms in total. The van der Waals surface area contributed by atoms with Crippen molar-refractivity contribution in [3.05, 3.63) is 51.8 Å². The minimum atomic E-state index is -0.334. The number of carbonyl (C=O) groups is 1. The van der Waals surface area contributed by atoms with E-state index in [1.165, 1.54) is 0 Å². The summed E-state index contributed by atoms with van der Waals surface area (Å²) in [4.78, 5) is 19.9. The molecular weight excluding hydrogens is 273 g/mol. The van der Waals surface area contributed by atoms with Gasteiger partial charge in [0.05, 0.1) is 0 Å². The van der Waals surface area contributed by atoms with Crippen molar-refractivity contribution < 1.29 is 4.79 Å². The van der Waals surface area contributed by atoms with Gasteiger partial charge in [0.25, 0.3) is 5.91 Å². The monoisotopic (exact) mass is 281 g/mol. The largest absolute Gasteiger partial charge is 0.290 e. The molecule has 0 unspecified atom stereocenters. The van der Waals surface area contributed by atoms with Gasteiger partial charge in [-0.3, -0.25) is 10.1 Å². The third-order valence-electron chi connectivity index (χ3n) is 2.14. The van der Waals surface area contributed by atoms with Gasteiger partial charge in [0, 0.05) is 16.3 Å². The van der Waals surface area contributed by atoms with Crippen LogP contribution in [0.2, 0.25) is 10.2 Å². The van der Waals surface area contributed by atoms with Crippen LogP contribution in [0, 0.1) is 6.92 Å². The molecule has 0 fully saturated rings. The minimum Gasteiger partial charge on any atom is -0.290 e. The van der Waals surface area contributed by atoms with Gasteiger partial charge in [0.15, 0.2) is 0 Å². The van der Waals surface area contributed by atoms with Gasteiger partial charge in [-0.05, 0) is 31.2 Å². The Morgan fingerprint density at radius 2 is 2.00 bits per heavy atom. The Morgan fingerprint density at radius 3 is 2.67 bits per heavy atom. The second kappa shape index (κ2) is 5.33. The maximum Gasteiger partial charge on any atom is 0.258 e. The summed E-state index contributed by atoms with van der Waals surface area (Å²) in [5.74, 6) is -0.163. The van der Waals surface area contributed by atoms with Gasteiger partial charge in [-0.2, -0.15) is 0 Å². The molecule has 92 valence electrons. The number of nitrogens with zero attached hydrogens (tertiary/aromatic N) is 2. The summed E-state index contributed by atoms with van der Waals surface area (Å²) < 4.78 is 0. The van der Waals surface area contributed by atoms with Crippen LogP contribution in [0.15, 0.2) is 30.3 Å². The van der Waals surface area contributed by atoms with Crippen LogP contribution in [0.5, 0.6) is 0 Å². The van der Waals surface area contributed by atoms with Crippen molar-refractivity contribution in [2.45, 2.75) is 6.92 Å². The number of benzene rings is 1. The van der Waals surface area contributed by atoms with Crippen LogP contribution in [0.3, 0.4) is 0 Å². The summed E-state index contributed by atoms with van der Waals surface area (Å²) in [6.45, 7) is 1.77. The standard InChI is InChI=1S/C12H9Cl2N3O/c1-7-5-10(14)16-12(15-7)17-11(18)8-3-2-4-9(13)6-8/h2-6H,1H3,(H,15,16,17,18). The first kappa shape index (κ1) is 12.8. The van der Waals surface area contributed by atoms with Crippen LogP contribution >= 0.6 is 23.2 Å². The highest BCUT2D eigenvalue weighted by atomic mass is 35.5. The lowest BCUT2D eigenvalue weighted by Gasteiger charge is -2.05. The van der Waals surface area contributed by atoms with Crippen molar-refractivity contribution in [2.75, 3.05) is 5.32 Å². The van der Waals surface area contributed by atoms with Crippen LogP contribution in [-0.2, 0) is 0 Å². The average Bonchev–Trinajstić information content (AvgIpc) is 2.27. The van der Waals surface area contributed by atoms with Crippen LogP contribution in [-0.4, -0.2) is 15.9 Å². The van der Waals surface area contributed by atoms with E-state index >= 15 is 0 Å². The summed E-state index contributed by atoms with van der Waals surface area (Å²) in [5, 5.41) is 3.34. The fraction of sp³-hybridized carbons (Fsp3) is 0.0833. The van der Waals surface area contributed by atoms with E-state index in [4.69, 9.17) is 23.2 Å². The number of aryl methyl sites for hydroxylation is 1. The van der Waals surface area contributed by atoms with Crippen LogP contribution in [0.25, 0.3) is 0 Å². The minimum absolute atomic E-state index is 0.171. The number of rotatable bonds is 2. The first-order chi connectivity index (χ1) is 8.54. The molecular formula is C12H9Cl2N3O. The van der Waals surface area contributed by atoms with Crippen LogP contribution < -0.4 is 5.32 Å². The Kier molecular flexibility index (Phi) is 3.79. The van der Waals surface area contributed by atoms with Gasteiger partial charge in [-0.25, -0.2) is 9.97 Å². The smallest absolute Gasteiger partial charge is 0.258 e. The molecule has 6 heteroatoms. The lowest BCUT2D eigenvalue weighted by Crippen LogP contribution is -2.14. The molecule has 0 bridgehead atoms. The molecule has 0 aliphatic carbocycles. The van der Waals surface area contributed by atoms with Gasteiger partial charge in [-0.1, -0.05) is 29.3 Å². The highest BCUT2D eigenvalue weighted by Gasteiger charge is 2.09. The van der Waals surface area contributed by atoms with Gasteiger partial charge in [0.2, 0.25) is 5.95 Å². The lowest BCUT2D eigenvalue weighted by molar-refractivity contribution is 0.102. The molecule has 18 heavy (non-hydrogen) atoms. The molecule has 1 amide bonds. The van der Waals surface area contributed by atoms with Gasteiger partial charge in [0.1, 0.15) is 5.15 Å². The van der Waals surface area contributed by atoms with Crippen molar-refractivity contribution in [1.82, 2.24) is 9.97 Å². The van der Waals surface area contributed by atoms with E-state index in [1.54, 1.807) is 37.3 Å². The zero-order chi connectivity index (χ0) is 13.1. The number of hydrogen-bond acceptors (Lipinski definition) is 3. The molecule has 1 aromatic carbocycles. The van der Waals surface area contributed by atoms with Crippen molar-refractivity contribution in [3.63, 3.8) is 0 Å². The second-order valence-corrected chi connectivity index (χ2v) is 4.44. The van der Waals surface area contributed by atoms with Crippen molar-refractivity contribution in [2.24, 2.45) is 0 Å². The third-order valence-corrected chi connectivity index (χ3v) is 2.56. The van der Waals surface area contributed by atoms with E-state index in [0.717, 1.165) is 0 Å². The zero-order valence-corrected chi connectivity index (χ0v) is 11.0. The molecule has 1 heterocycles. The summed E-state index contributed by atoms with van der Waals surface area (Å²) >= 11 is 11.6. The fourth-order valence-corrected chi connectivity index (χ4v) is 1.82. The molecule has 0 spiro atoms. The normalized spacial score (nSPS) is 10.2. The second-order valence-electron chi connectivity index (χ2n) is 3.62. The Bertz CT molecular complexity index is 581.